The Kier molecular flexibility index (Phi) is 5.27. The van der Waals surface area contributed by atoms with Crippen molar-refractivity contribution in [1.29, 1.82) is 0 Å². The lowest BCUT2D eigenvalue weighted by molar-refractivity contribution is 0.419. The maximum absolute atomic E-state index is 11.9. The second-order valence-electron chi connectivity index (χ2n) is 2.83. The molecule has 0 amide bonds. The van der Waals surface area contributed by atoms with E-state index < -0.39 is 12.7 Å². The van der Waals surface area contributed by atoms with Gasteiger partial charge in [0.1, 0.15) is 11.5 Å². The molecule has 0 radical (unpaired) electrons. The summed E-state index contributed by atoms with van der Waals surface area (Å²) in [5, 5.41) is 18.3. The Hall–Kier alpha value is -1.00. The van der Waals surface area contributed by atoms with Crippen molar-refractivity contribution in [2.75, 3.05) is 6.67 Å². The minimum Gasteiger partial charge on any atom is -0.508 e. The van der Waals surface area contributed by atoms with E-state index in [1.165, 1.54) is 18.2 Å². The van der Waals surface area contributed by atoms with E-state index in [9.17, 15) is 9.50 Å². The van der Waals surface area contributed by atoms with Crippen molar-refractivity contribution >= 4 is 12.4 Å². The molecule has 0 bridgehead atoms. The summed E-state index contributed by atoms with van der Waals surface area (Å²) in [7, 11) is 0. The molecule has 0 aliphatic heterocycles. The molecule has 1 aromatic carbocycles. The molecule has 1 aromatic rings. The van der Waals surface area contributed by atoms with Crippen LogP contribution in [0.25, 0.3) is 0 Å². The zero-order valence-electron chi connectivity index (χ0n) is 7.48. The topological polar surface area (TPSA) is 66.5 Å². The van der Waals surface area contributed by atoms with Gasteiger partial charge in [-0.25, -0.2) is 0 Å². The molecule has 0 saturated heterocycles. The number of halogens is 2. The molecule has 0 aliphatic rings. The average Bonchev–Trinajstić information content (AvgIpc) is 2.04. The quantitative estimate of drug-likeness (QED) is 0.730. The third-order valence-electron chi connectivity index (χ3n) is 1.83. The standard InChI is InChI=1S/C9H12FNO2.ClH/c10-4-3-8(11)7-2-1-6(12)5-9(7)13;/h1-2,5,8,12-13H,3-4,11H2;1H/t8-;/m1./s1. The molecule has 80 valence electrons. The van der Waals surface area contributed by atoms with E-state index in [2.05, 4.69) is 0 Å². The van der Waals surface area contributed by atoms with Gasteiger partial charge in [0, 0.05) is 17.7 Å². The van der Waals surface area contributed by atoms with Crippen molar-refractivity contribution < 1.29 is 14.6 Å². The number of alkyl halides is 1. The van der Waals surface area contributed by atoms with E-state index in [4.69, 9.17) is 10.8 Å². The number of phenols is 2. The largest absolute Gasteiger partial charge is 0.508 e. The number of phenolic OH excluding ortho intramolecular Hbond substituents is 2. The van der Waals surface area contributed by atoms with Crippen LogP contribution in [0.4, 0.5) is 4.39 Å². The second-order valence-corrected chi connectivity index (χ2v) is 2.83. The lowest BCUT2D eigenvalue weighted by Crippen LogP contribution is -2.10. The van der Waals surface area contributed by atoms with Gasteiger partial charge in [0.15, 0.2) is 0 Å². The van der Waals surface area contributed by atoms with Gasteiger partial charge < -0.3 is 15.9 Å². The van der Waals surface area contributed by atoms with Gasteiger partial charge in [-0.2, -0.15) is 0 Å². The molecule has 5 heteroatoms. The summed E-state index contributed by atoms with van der Waals surface area (Å²) in [6.07, 6.45) is 0.165. The predicted molar refractivity (Wildman–Crippen MR) is 54.5 cm³/mol. The fourth-order valence-electron chi connectivity index (χ4n) is 1.12. The fourth-order valence-corrected chi connectivity index (χ4v) is 1.12. The summed E-state index contributed by atoms with van der Waals surface area (Å²) in [5.41, 5.74) is 6.03. The Morgan fingerprint density at radius 3 is 2.50 bits per heavy atom. The Balaban J connectivity index is 0.00000169. The smallest absolute Gasteiger partial charge is 0.124 e. The lowest BCUT2D eigenvalue weighted by Gasteiger charge is -2.11. The molecule has 0 aromatic heterocycles. The van der Waals surface area contributed by atoms with Gasteiger partial charge in [-0.3, -0.25) is 4.39 Å². The lowest BCUT2D eigenvalue weighted by atomic mass is 10.0. The van der Waals surface area contributed by atoms with Crippen LogP contribution in [0.1, 0.15) is 18.0 Å². The van der Waals surface area contributed by atoms with Gasteiger partial charge in [-0.15, -0.1) is 12.4 Å². The number of aromatic hydroxyl groups is 2. The van der Waals surface area contributed by atoms with Crippen molar-refractivity contribution in [1.82, 2.24) is 0 Å². The number of hydrogen-bond acceptors (Lipinski definition) is 3. The van der Waals surface area contributed by atoms with E-state index in [0.29, 0.717) is 5.56 Å². The summed E-state index contributed by atoms with van der Waals surface area (Å²) in [6, 6.07) is 3.57. The van der Waals surface area contributed by atoms with Crippen molar-refractivity contribution in [3.63, 3.8) is 0 Å². The Morgan fingerprint density at radius 2 is 2.00 bits per heavy atom. The molecule has 0 unspecified atom stereocenters. The highest BCUT2D eigenvalue weighted by molar-refractivity contribution is 5.85. The number of rotatable bonds is 3. The number of nitrogens with two attached hydrogens (primary N) is 1. The van der Waals surface area contributed by atoms with E-state index in [-0.39, 0.29) is 30.3 Å². The predicted octanol–water partition coefficient (Wildman–Crippen LogP) is 1.88. The normalized spacial score (nSPS) is 11.9. The van der Waals surface area contributed by atoms with Gasteiger partial charge in [0.2, 0.25) is 0 Å². The van der Waals surface area contributed by atoms with Crippen LogP contribution in [0.3, 0.4) is 0 Å². The third kappa shape index (κ3) is 3.05. The van der Waals surface area contributed by atoms with E-state index in [0.717, 1.165) is 0 Å². The molecule has 14 heavy (non-hydrogen) atoms. The van der Waals surface area contributed by atoms with E-state index >= 15 is 0 Å². The number of benzene rings is 1. The highest BCUT2D eigenvalue weighted by Gasteiger charge is 2.10. The number of hydrogen-bond donors (Lipinski definition) is 3. The van der Waals surface area contributed by atoms with Crippen LogP contribution in [0.5, 0.6) is 11.5 Å². The molecule has 0 heterocycles. The third-order valence-corrected chi connectivity index (χ3v) is 1.83. The van der Waals surface area contributed by atoms with Crippen molar-refractivity contribution in [3.8, 4) is 11.5 Å². The molecule has 1 rings (SSSR count). The van der Waals surface area contributed by atoms with Gasteiger partial charge >= 0.3 is 0 Å². The van der Waals surface area contributed by atoms with E-state index in [1.54, 1.807) is 0 Å². The molecule has 0 fully saturated rings. The fraction of sp³-hybridized carbons (Fsp3) is 0.333. The Labute approximate surface area is 87.8 Å². The molecular weight excluding hydrogens is 209 g/mol. The van der Waals surface area contributed by atoms with Crippen molar-refractivity contribution in [2.45, 2.75) is 12.5 Å². The molecule has 3 nitrogen and oxygen atoms in total. The molecular formula is C9H13ClFNO2. The van der Waals surface area contributed by atoms with Crippen LogP contribution in [-0.2, 0) is 0 Å². The second kappa shape index (κ2) is 5.67. The molecule has 4 N–H and O–H groups in total. The van der Waals surface area contributed by atoms with Gasteiger partial charge in [-0.05, 0) is 12.5 Å². The zero-order valence-corrected chi connectivity index (χ0v) is 8.30. The maximum atomic E-state index is 11.9. The summed E-state index contributed by atoms with van der Waals surface area (Å²) in [5.74, 6) is -0.130. The van der Waals surface area contributed by atoms with Gasteiger partial charge in [-0.1, -0.05) is 6.07 Å². The van der Waals surface area contributed by atoms with Crippen molar-refractivity contribution in [3.05, 3.63) is 23.8 Å². The summed E-state index contributed by atoms with van der Waals surface area (Å²) in [6.45, 7) is -0.526. The molecule has 1 atom stereocenters. The Bertz CT molecular complexity index is 296. The first-order valence-electron chi connectivity index (χ1n) is 3.98. The van der Waals surface area contributed by atoms with Gasteiger partial charge in [0.25, 0.3) is 0 Å². The minimum absolute atomic E-state index is 0. The summed E-state index contributed by atoms with van der Waals surface area (Å²) in [4.78, 5) is 0. The zero-order chi connectivity index (χ0) is 9.84. The molecule has 0 spiro atoms. The van der Waals surface area contributed by atoms with Crippen LogP contribution in [0.2, 0.25) is 0 Å². The van der Waals surface area contributed by atoms with Crippen molar-refractivity contribution in [2.24, 2.45) is 5.73 Å². The first-order chi connectivity index (χ1) is 6.15. The first kappa shape index (κ1) is 13.0. The van der Waals surface area contributed by atoms with Crippen LogP contribution < -0.4 is 5.73 Å². The van der Waals surface area contributed by atoms with Crippen LogP contribution in [-0.4, -0.2) is 16.9 Å². The van der Waals surface area contributed by atoms with Crippen LogP contribution >= 0.6 is 12.4 Å². The highest BCUT2D eigenvalue weighted by Crippen LogP contribution is 2.28. The Morgan fingerprint density at radius 1 is 1.36 bits per heavy atom. The SMILES string of the molecule is Cl.N[C@H](CCF)c1ccc(O)cc1O. The first-order valence-corrected chi connectivity index (χ1v) is 3.98. The summed E-state index contributed by atoms with van der Waals surface area (Å²) >= 11 is 0. The summed E-state index contributed by atoms with van der Waals surface area (Å²) < 4.78 is 11.9. The highest BCUT2D eigenvalue weighted by atomic mass is 35.5. The van der Waals surface area contributed by atoms with Crippen LogP contribution in [0, 0.1) is 0 Å². The molecule has 0 saturated carbocycles. The average molecular weight is 222 g/mol. The van der Waals surface area contributed by atoms with Gasteiger partial charge in [0.05, 0.1) is 6.67 Å². The minimum atomic E-state index is -0.526. The maximum Gasteiger partial charge on any atom is 0.124 e. The van der Waals surface area contributed by atoms with E-state index in [1.807, 2.05) is 0 Å². The molecule has 0 aliphatic carbocycles. The monoisotopic (exact) mass is 221 g/mol. The van der Waals surface area contributed by atoms with Crippen LogP contribution in [0.15, 0.2) is 18.2 Å².